The number of benzene rings is 2. The number of hydrogen-bond acceptors (Lipinski definition) is 4. The lowest BCUT2D eigenvalue weighted by molar-refractivity contribution is -0.130. The van der Waals surface area contributed by atoms with Gasteiger partial charge in [0.25, 0.3) is 5.91 Å². The summed E-state index contributed by atoms with van der Waals surface area (Å²) in [7, 11) is 0. The summed E-state index contributed by atoms with van der Waals surface area (Å²) < 4.78 is 0. The molecule has 146 valence electrons. The van der Waals surface area contributed by atoms with Crippen molar-refractivity contribution in [1.82, 2.24) is 10.3 Å². The minimum Gasteiger partial charge on any atom is -0.367 e. The first kappa shape index (κ1) is 19.6. The molecule has 3 rings (SSSR count). The van der Waals surface area contributed by atoms with E-state index in [1.54, 1.807) is 6.92 Å². The second-order valence-electron chi connectivity index (χ2n) is 7.07. The molecule has 0 spiro atoms. The van der Waals surface area contributed by atoms with Gasteiger partial charge in [0, 0.05) is 18.8 Å². The van der Waals surface area contributed by atoms with Crippen LogP contribution >= 0.6 is 0 Å². The molecule has 1 heterocycles. The second-order valence-corrected chi connectivity index (χ2v) is 7.07. The van der Waals surface area contributed by atoms with Gasteiger partial charge in [-0.25, -0.2) is 4.79 Å². The van der Waals surface area contributed by atoms with Crippen molar-refractivity contribution in [3.05, 3.63) is 65.7 Å². The van der Waals surface area contributed by atoms with Crippen LogP contribution in [0.5, 0.6) is 0 Å². The molecule has 6 heteroatoms. The van der Waals surface area contributed by atoms with E-state index in [1.807, 2.05) is 49.4 Å². The summed E-state index contributed by atoms with van der Waals surface area (Å²) in [6.07, 6.45) is 2.06. The summed E-state index contributed by atoms with van der Waals surface area (Å²) in [5.74, 6) is -0.326. The van der Waals surface area contributed by atoms with Crippen LogP contribution in [0.3, 0.4) is 0 Å². The zero-order chi connectivity index (χ0) is 20.1. The largest absolute Gasteiger partial charge is 0.367 e. The van der Waals surface area contributed by atoms with E-state index in [2.05, 4.69) is 34.4 Å². The molecule has 28 heavy (non-hydrogen) atoms. The van der Waals surface area contributed by atoms with Crippen LogP contribution in [-0.2, 0) is 11.3 Å². The van der Waals surface area contributed by atoms with E-state index in [0.29, 0.717) is 6.42 Å². The highest BCUT2D eigenvalue weighted by atomic mass is 16.2. The third kappa shape index (κ3) is 4.06. The van der Waals surface area contributed by atoms with Crippen molar-refractivity contribution >= 4 is 23.8 Å². The molecule has 0 bridgehead atoms. The maximum atomic E-state index is 12.4. The molecule has 1 aliphatic heterocycles. The number of nitrogens with one attached hydrogen (secondary N) is 1. The number of hydrazone groups is 1. The Morgan fingerprint density at radius 2 is 1.75 bits per heavy atom. The van der Waals surface area contributed by atoms with Crippen molar-refractivity contribution in [2.45, 2.75) is 39.3 Å². The topological polar surface area (TPSA) is 65.0 Å². The fraction of sp³-hybridized carbons (Fsp3) is 0.318. The SMILES string of the molecule is CCN(Cc1ccccc1)c1ccc(/C=N\N2C(=O)N[C@@](C)(CC)C2=O)cc1. The molecule has 3 amide bonds. The van der Waals surface area contributed by atoms with Crippen LogP contribution in [0.25, 0.3) is 0 Å². The van der Waals surface area contributed by atoms with E-state index in [4.69, 9.17) is 0 Å². The van der Waals surface area contributed by atoms with Crippen LogP contribution in [0.1, 0.15) is 38.3 Å². The van der Waals surface area contributed by atoms with E-state index in [9.17, 15) is 9.59 Å². The van der Waals surface area contributed by atoms with Crippen molar-refractivity contribution in [1.29, 1.82) is 0 Å². The van der Waals surface area contributed by atoms with E-state index in [0.717, 1.165) is 29.3 Å². The molecule has 1 aliphatic rings. The van der Waals surface area contributed by atoms with Gasteiger partial charge in [-0.1, -0.05) is 49.4 Å². The number of carbonyl (C=O) groups excluding carboxylic acids is 2. The van der Waals surface area contributed by atoms with Gasteiger partial charge in [0.2, 0.25) is 0 Å². The van der Waals surface area contributed by atoms with Gasteiger partial charge in [-0.05, 0) is 43.5 Å². The lowest BCUT2D eigenvalue weighted by atomic mass is 10.00. The number of hydrogen-bond donors (Lipinski definition) is 1. The molecule has 0 aromatic heterocycles. The van der Waals surface area contributed by atoms with Gasteiger partial charge < -0.3 is 10.2 Å². The van der Waals surface area contributed by atoms with Gasteiger partial charge in [-0.15, -0.1) is 5.01 Å². The number of anilines is 1. The molecular formula is C22H26N4O2. The lowest BCUT2D eigenvalue weighted by Crippen LogP contribution is -2.42. The Morgan fingerprint density at radius 3 is 2.32 bits per heavy atom. The van der Waals surface area contributed by atoms with E-state index in [-0.39, 0.29) is 5.91 Å². The maximum absolute atomic E-state index is 12.4. The average Bonchev–Trinajstić information content (AvgIpc) is 2.94. The van der Waals surface area contributed by atoms with E-state index in [1.165, 1.54) is 11.8 Å². The Kier molecular flexibility index (Phi) is 5.78. The molecule has 6 nitrogen and oxygen atoms in total. The van der Waals surface area contributed by atoms with Crippen molar-refractivity contribution in [2.24, 2.45) is 5.10 Å². The predicted octanol–water partition coefficient (Wildman–Crippen LogP) is 3.77. The molecule has 0 unspecified atom stereocenters. The monoisotopic (exact) mass is 378 g/mol. The van der Waals surface area contributed by atoms with Gasteiger partial charge in [-0.3, -0.25) is 4.79 Å². The van der Waals surface area contributed by atoms with Gasteiger partial charge in [0.05, 0.1) is 6.21 Å². The molecule has 1 saturated heterocycles. The minimum absolute atomic E-state index is 0.326. The fourth-order valence-electron chi connectivity index (χ4n) is 3.10. The van der Waals surface area contributed by atoms with Crippen molar-refractivity contribution in [2.75, 3.05) is 11.4 Å². The molecular weight excluding hydrogens is 352 g/mol. The van der Waals surface area contributed by atoms with Crippen molar-refractivity contribution in [3.63, 3.8) is 0 Å². The molecule has 0 saturated carbocycles. The minimum atomic E-state index is -0.878. The molecule has 1 N–H and O–H groups in total. The summed E-state index contributed by atoms with van der Waals surface area (Å²) in [6, 6.07) is 17.8. The van der Waals surface area contributed by atoms with Crippen molar-refractivity contribution < 1.29 is 9.59 Å². The molecule has 0 radical (unpaired) electrons. The van der Waals surface area contributed by atoms with Gasteiger partial charge >= 0.3 is 6.03 Å². The smallest absolute Gasteiger partial charge is 0.346 e. The second kappa shape index (κ2) is 8.25. The molecule has 0 aliphatic carbocycles. The lowest BCUT2D eigenvalue weighted by Gasteiger charge is -2.23. The normalized spacial score (nSPS) is 19.3. The predicted molar refractivity (Wildman–Crippen MR) is 111 cm³/mol. The Balaban J connectivity index is 1.69. The summed E-state index contributed by atoms with van der Waals surface area (Å²) >= 11 is 0. The number of imide groups is 1. The van der Waals surface area contributed by atoms with Crippen LogP contribution < -0.4 is 10.2 Å². The highest BCUT2D eigenvalue weighted by molar-refractivity contribution is 6.07. The highest BCUT2D eigenvalue weighted by Crippen LogP contribution is 2.21. The zero-order valence-corrected chi connectivity index (χ0v) is 16.6. The van der Waals surface area contributed by atoms with E-state index >= 15 is 0 Å². The van der Waals surface area contributed by atoms with Crippen LogP contribution in [0.2, 0.25) is 0 Å². The number of amides is 3. The fourth-order valence-corrected chi connectivity index (χ4v) is 3.10. The van der Waals surface area contributed by atoms with Crippen LogP contribution in [0.15, 0.2) is 59.7 Å². The first-order chi connectivity index (χ1) is 13.5. The van der Waals surface area contributed by atoms with Crippen LogP contribution in [0, 0.1) is 0 Å². The first-order valence-electron chi connectivity index (χ1n) is 9.56. The third-order valence-corrected chi connectivity index (χ3v) is 5.13. The summed E-state index contributed by atoms with van der Waals surface area (Å²) in [5, 5.41) is 7.69. The number of urea groups is 1. The van der Waals surface area contributed by atoms with Crippen LogP contribution in [-0.4, -0.2) is 35.2 Å². The molecule has 2 aromatic rings. The van der Waals surface area contributed by atoms with Gasteiger partial charge in [0.15, 0.2) is 0 Å². The van der Waals surface area contributed by atoms with Crippen LogP contribution in [0.4, 0.5) is 10.5 Å². The maximum Gasteiger partial charge on any atom is 0.346 e. The van der Waals surface area contributed by atoms with Crippen molar-refractivity contribution in [3.8, 4) is 0 Å². The average molecular weight is 378 g/mol. The molecule has 1 atom stereocenters. The molecule has 2 aromatic carbocycles. The number of nitrogens with zero attached hydrogens (tertiary/aromatic N) is 3. The van der Waals surface area contributed by atoms with E-state index < -0.39 is 11.6 Å². The Labute approximate surface area is 165 Å². The highest BCUT2D eigenvalue weighted by Gasteiger charge is 2.46. The number of rotatable bonds is 7. The first-order valence-corrected chi connectivity index (χ1v) is 9.56. The van der Waals surface area contributed by atoms with Gasteiger partial charge in [0.1, 0.15) is 5.54 Å². The standard InChI is InChI=1S/C22H26N4O2/c1-4-22(3)20(27)26(21(28)24-22)23-15-17-11-13-19(14-12-17)25(5-2)16-18-9-7-6-8-10-18/h6-15H,4-5,16H2,1-3H3,(H,24,28)/b23-15-/t22-/m0/s1. The Hall–Kier alpha value is -3.15. The third-order valence-electron chi connectivity index (χ3n) is 5.13. The summed E-state index contributed by atoms with van der Waals surface area (Å²) in [5.41, 5.74) is 2.31. The quantitative estimate of drug-likeness (QED) is 0.589. The number of carbonyl (C=O) groups is 2. The summed E-state index contributed by atoms with van der Waals surface area (Å²) in [6.45, 7) is 7.42. The summed E-state index contributed by atoms with van der Waals surface area (Å²) in [4.78, 5) is 26.7. The van der Waals surface area contributed by atoms with Gasteiger partial charge in [-0.2, -0.15) is 5.10 Å². The molecule has 1 fully saturated rings. The zero-order valence-electron chi connectivity index (χ0n) is 16.6. The Bertz CT molecular complexity index is 864. The Morgan fingerprint density at radius 1 is 1.07 bits per heavy atom.